The molecule has 6 heteroatoms. The molecule has 0 bridgehead atoms. The van der Waals surface area contributed by atoms with E-state index in [9.17, 15) is 14.0 Å². The zero-order valence-corrected chi connectivity index (χ0v) is 12.1. The van der Waals surface area contributed by atoms with Crippen molar-refractivity contribution in [1.29, 1.82) is 0 Å². The third kappa shape index (κ3) is 3.09. The number of nitrogens with zero attached hydrogens (tertiary/aromatic N) is 2. The maximum absolute atomic E-state index is 13.4. The monoisotopic (exact) mass is 291 g/mol. The quantitative estimate of drug-likeness (QED) is 0.858. The Bertz CT molecular complexity index is 725. The van der Waals surface area contributed by atoms with E-state index in [2.05, 4.69) is 10.4 Å². The largest absolute Gasteiger partial charge is 0.351 e. The number of hydrogen-bond acceptors (Lipinski definition) is 3. The number of rotatable bonds is 5. The number of carbonyl (C=O) groups is 1. The minimum Gasteiger partial charge on any atom is -0.351 e. The molecular formula is C15H18FN3O2. The van der Waals surface area contributed by atoms with Crippen LogP contribution in [0.15, 0.2) is 23.0 Å². The molecule has 112 valence electrons. The first-order valence-corrected chi connectivity index (χ1v) is 7.07. The predicted octanol–water partition coefficient (Wildman–Crippen LogP) is 2.09. The van der Waals surface area contributed by atoms with Crippen molar-refractivity contribution in [2.24, 2.45) is 0 Å². The van der Waals surface area contributed by atoms with E-state index < -0.39 is 17.2 Å². The Kier molecular flexibility index (Phi) is 4.67. The normalized spacial score (nSPS) is 10.8. The van der Waals surface area contributed by atoms with Crippen molar-refractivity contribution >= 4 is 16.8 Å². The van der Waals surface area contributed by atoms with Crippen LogP contribution >= 0.6 is 0 Å². The van der Waals surface area contributed by atoms with Gasteiger partial charge in [0.05, 0.1) is 10.9 Å². The maximum atomic E-state index is 13.4. The number of carbonyl (C=O) groups excluding carboxylic acids is 1. The summed E-state index contributed by atoms with van der Waals surface area (Å²) in [4.78, 5) is 24.4. The van der Waals surface area contributed by atoms with Gasteiger partial charge in [0.2, 0.25) is 5.43 Å². The van der Waals surface area contributed by atoms with Gasteiger partial charge in [-0.1, -0.05) is 13.3 Å². The van der Waals surface area contributed by atoms with Crippen molar-refractivity contribution in [3.05, 3.63) is 39.9 Å². The molecule has 0 saturated carbocycles. The third-order valence-corrected chi connectivity index (χ3v) is 3.25. The lowest BCUT2D eigenvalue weighted by atomic mass is 10.2. The van der Waals surface area contributed by atoms with Crippen LogP contribution in [-0.2, 0) is 6.54 Å². The van der Waals surface area contributed by atoms with Crippen LogP contribution < -0.4 is 10.7 Å². The lowest BCUT2D eigenvalue weighted by Crippen LogP contribution is -2.32. The zero-order chi connectivity index (χ0) is 15.4. The number of nitrogens with one attached hydrogen (secondary N) is 1. The lowest BCUT2D eigenvalue weighted by molar-refractivity contribution is 0.0945. The van der Waals surface area contributed by atoms with Gasteiger partial charge in [-0.25, -0.2) is 4.39 Å². The van der Waals surface area contributed by atoms with Crippen LogP contribution in [0.4, 0.5) is 4.39 Å². The van der Waals surface area contributed by atoms with Gasteiger partial charge >= 0.3 is 0 Å². The predicted molar refractivity (Wildman–Crippen MR) is 78.9 cm³/mol. The van der Waals surface area contributed by atoms with Crippen molar-refractivity contribution in [1.82, 2.24) is 15.1 Å². The molecule has 1 aromatic heterocycles. The Labute approximate surface area is 121 Å². The molecule has 0 fully saturated rings. The standard InChI is InChI=1S/C15H18FN3O2/c1-3-5-8-17-15(21)13-14(20)11-9-10(16)6-7-12(11)19(4-2)18-13/h6-7,9H,3-5,8H2,1-2H3,(H,17,21). The zero-order valence-electron chi connectivity index (χ0n) is 12.1. The van der Waals surface area contributed by atoms with Crippen LogP contribution in [0, 0.1) is 5.82 Å². The Morgan fingerprint density at radius 2 is 2.14 bits per heavy atom. The van der Waals surface area contributed by atoms with E-state index in [-0.39, 0.29) is 11.1 Å². The van der Waals surface area contributed by atoms with Gasteiger partial charge in [0, 0.05) is 13.1 Å². The molecule has 1 aromatic carbocycles. The SMILES string of the molecule is CCCCNC(=O)c1nn(CC)c2ccc(F)cc2c1=O. The first-order chi connectivity index (χ1) is 10.1. The van der Waals surface area contributed by atoms with Crippen LogP contribution in [0.5, 0.6) is 0 Å². The number of fused-ring (bicyclic) bond motifs is 1. The van der Waals surface area contributed by atoms with Crippen LogP contribution in [0.2, 0.25) is 0 Å². The average molecular weight is 291 g/mol. The van der Waals surface area contributed by atoms with Crippen LogP contribution in [0.3, 0.4) is 0 Å². The van der Waals surface area contributed by atoms with Crippen LogP contribution in [0.25, 0.3) is 10.9 Å². The first-order valence-electron chi connectivity index (χ1n) is 7.07. The molecule has 0 aliphatic carbocycles. The van der Waals surface area contributed by atoms with E-state index in [1.807, 2.05) is 13.8 Å². The summed E-state index contributed by atoms with van der Waals surface area (Å²) < 4.78 is 14.9. The minimum absolute atomic E-state index is 0.174. The first kappa shape index (κ1) is 15.2. The Morgan fingerprint density at radius 1 is 1.38 bits per heavy atom. The fraction of sp³-hybridized carbons (Fsp3) is 0.400. The minimum atomic E-state index is -0.539. The van der Waals surface area contributed by atoms with Gasteiger partial charge in [0.1, 0.15) is 5.82 Å². The molecule has 0 aliphatic heterocycles. The van der Waals surface area contributed by atoms with Crippen molar-refractivity contribution in [2.75, 3.05) is 6.54 Å². The van der Waals surface area contributed by atoms with E-state index in [0.717, 1.165) is 18.9 Å². The summed E-state index contributed by atoms with van der Waals surface area (Å²) in [5.41, 5.74) is -0.205. The highest BCUT2D eigenvalue weighted by Crippen LogP contribution is 2.12. The molecule has 0 aliphatic rings. The van der Waals surface area contributed by atoms with Gasteiger partial charge in [-0.05, 0) is 31.5 Å². The third-order valence-electron chi connectivity index (χ3n) is 3.25. The molecule has 2 rings (SSSR count). The van der Waals surface area contributed by atoms with Gasteiger partial charge < -0.3 is 5.32 Å². The van der Waals surface area contributed by atoms with E-state index in [0.29, 0.717) is 18.6 Å². The maximum Gasteiger partial charge on any atom is 0.275 e. The molecular weight excluding hydrogens is 273 g/mol. The molecule has 0 saturated heterocycles. The topological polar surface area (TPSA) is 64.0 Å². The second-order valence-corrected chi connectivity index (χ2v) is 4.76. The molecule has 5 nitrogen and oxygen atoms in total. The summed E-state index contributed by atoms with van der Waals surface area (Å²) in [6.07, 6.45) is 1.77. The Hall–Kier alpha value is -2.24. The molecule has 0 spiro atoms. The number of aryl methyl sites for hydroxylation is 1. The second kappa shape index (κ2) is 6.47. The van der Waals surface area contributed by atoms with E-state index in [1.54, 1.807) is 0 Å². The number of halogens is 1. The average Bonchev–Trinajstić information content (AvgIpc) is 2.48. The van der Waals surface area contributed by atoms with Crippen molar-refractivity contribution in [3.63, 3.8) is 0 Å². The number of aromatic nitrogens is 2. The molecule has 2 aromatic rings. The smallest absolute Gasteiger partial charge is 0.275 e. The van der Waals surface area contributed by atoms with E-state index in [1.165, 1.54) is 16.8 Å². The van der Waals surface area contributed by atoms with E-state index >= 15 is 0 Å². The van der Waals surface area contributed by atoms with Crippen LogP contribution in [0.1, 0.15) is 37.2 Å². The Balaban J connectivity index is 2.52. The van der Waals surface area contributed by atoms with Crippen molar-refractivity contribution in [3.8, 4) is 0 Å². The number of unbranched alkanes of at least 4 members (excludes halogenated alkanes) is 1. The van der Waals surface area contributed by atoms with E-state index in [4.69, 9.17) is 0 Å². The molecule has 1 amide bonds. The molecule has 0 radical (unpaired) electrons. The van der Waals surface area contributed by atoms with Gasteiger partial charge in [-0.3, -0.25) is 14.3 Å². The fourth-order valence-electron chi connectivity index (χ4n) is 2.11. The molecule has 21 heavy (non-hydrogen) atoms. The highest BCUT2D eigenvalue weighted by molar-refractivity contribution is 5.95. The summed E-state index contributed by atoms with van der Waals surface area (Å²) in [6.45, 7) is 4.83. The van der Waals surface area contributed by atoms with Gasteiger partial charge in [0.25, 0.3) is 5.91 Å². The number of benzene rings is 1. The number of hydrogen-bond donors (Lipinski definition) is 1. The summed E-state index contributed by atoms with van der Waals surface area (Å²) >= 11 is 0. The van der Waals surface area contributed by atoms with Gasteiger partial charge in [-0.2, -0.15) is 5.10 Å². The number of amides is 1. The lowest BCUT2D eigenvalue weighted by Gasteiger charge is -2.10. The summed E-state index contributed by atoms with van der Waals surface area (Å²) in [5.74, 6) is -1.02. The molecule has 1 N–H and O–H groups in total. The highest BCUT2D eigenvalue weighted by Gasteiger charge is 2.17. The summed E-state index contributed by atoms with van der Waals surface area (Å²) in [6, 6.07) is 3.92. The molecule has 0 atom stereocenters. The summed E-state index contributed by atoms with van der Waals surface area (Å²) in [5, 5.41) is 6.93. The van der Waals surface area contributed by atoms with Gasteiger partial charge in [0.15, 0.2) is 5.69 Å². The van der Waals surface area contributed by atoms with Gasteiger partial charge in [-0.15, -0.1) is 0 Å². The summed E-state index contributed by atoms with van der Waals surface area (Å²) in [7, 11) is 0. The second-order valence-electron chi connectivity index (χ2n) is 4.76. The molecule has 1 heterocycles. The highest BCUT2D eigenvalue weighted by atomic mass is 19.1. The van der Waals surface area contributed by atoms with Crippen molar-refractivity contribution in [2.45, 2.75) is 33.2 Å². The molecule has 0 unspecified atom stereocenters. The van der Waals surface area contributed by atoms with Crippen LogP contribution in [-0.4, -0.2) is 22.2 Å². The fourth-order valence-corrected chi connectivity index (χ4v) is 2.11. The van der Waals surface area contributed by atoms with Crippen molar-refractivity contribution < 1.29 is 9.18 Å². The Morgan fingerprint density at radius 3 is 2.81 bits per heavy atom.